The summed E-state index contributed by atoms with van der Waals surface area (Å²) in [5.41, 5.74) is 0.884. The fourth-order valence-electron chi connectivity index (χ4n) is 2.66. The van der Waals surface area contributed by atoms with Crippen LogP contribution in [0.3, 0.4) is 0 Å². The summed E-state index contributed by atoms with van der Waals surface area (Å²) in [4.78, 5) is 21.3. The normalized spacial score (nSPS) is 11.2. The fraction of sp³-hybridized carbons (Fsp3) is 0.300. The van der Waals surface area contributed by atoms with E-state index in [-0.39, 0.29) is 12.5 Å². The number of carbonyl (C=O) groups is 1. The van der Waals surface area contributed by atoms with E-state index in [9.17, 15) is 4.79 Å². The molecule has 28 heavy (non-hydrogen) atoms. The molecule has 0 bridgehead atoms. The maximum atomic E-state index is 12.9. The van der Waals surface area contributed by atoms with Crippen LogP contribution >= 0.6 is 34.5 Å². The maximum absolute atomic E-state index is 12.9. The molecule has 0 aliphatic rings. The molecule has 1 aromatic heterocycles. The van der Waals surface area contributed by atoms with Crippen LogP contribution in [0.5, 0.6) is 5.75 Å². The standard InChI is InChI=1S/C20H21Cl2N3O2S/c1-24(2)10-5-11-25(20-23-16-6-3-4-7-18(16)28-20)19(26)13-27-17-9-8-14(21)12-15(17)22/h3-4,6-9,12H,5,10-11,13H2,1-2H3. The van der Waals surface area contributed by atoms with Gasteiger partial charge < -0.3 is 9.64 Å². The number of aromatic nitrogens is 1. The van der Waals surface area contributed by atoms with Gasteiger partial charge in [-0.1, -0.05) is 46.7 Å². The molecule has 5 nitrogen and oxygen atoms in total. The van der Waals surface area contributed by atoms with Gasteiger partial charge in [-0.15, -0.1) is 0 Å². The van der Waals surface area contributed by atoms with Crippen LogP contribution in [0.2, 0.25) is 10.0 Å². The predicted octanol–water partition coefficient (Wildman–Crippen LogP) is 4.97. The minimum atomic E-state index is -0.163. The number of halogens is 2. The minimum absolute atomic E-state index is 0.126. The number of amides is 1. The number of rotatable bonds is 8. The molecule has 0 saturated heterocycles. The van der Waals surface area contributed by atoms with Gasteiger partial charge in [0.2, 0.25) is 0 Å². The lowest BCUT2D eigenvalue weighted by molar-refractivity contribution is -0.120. The summed E-state index contributed by atoms with van der Waals surface area (Å²) < 4.78 is 6.69. The number of ether oxygens (including phenoxy) is 1. The molecule has 3 rings (SSSR count). The van der Waals surface area contributed by atoms with Gasteiger partial charge in [-0.3, -0.25) is 9.69 Å². The second-order valence-corrected chi connectivity index (χ2v) is 8.38. The van der Waals surface area contributed by atoms with Gasteiger partial charge in [0.1, 0.15) is 5.75 Å². The number of para-hydroxylation sites is 1. The van der Waals surface area contributed by atoms with Crippen molar-refractivity contribution in [2.45, 2.75) is 6.42 Å². The molecule has 0 atom stereocenters. The molecule has 0 radical (unpaired) electrons. The van der Waals surface area contributed by atoms with E-state index in [4.69, 9.17) is 27.9 Å². The molecule has 0 unspecified atom stereocenters. The Bertz CT molecular complexity index is 929. The monoisotopic (exact) mass is 437 g/mol. The van der Waals surface area contributed by atoms with E-state index in [1.165, 1.54) is 11.3 Å². The van der Waals surface area contributed by atoms with Crippen LogP contribution in [-0.2, 0) is 4.79 Å². The Balaban J connectivity index is 1.75. The van der Waals surface area contributed by atoms with Crippen LogP contribution < -0.4 is 9.64 Å². The first-order valence-corrected chi connectivity index (χ1v) is 10.4. The maximum Gasteiger partial charge on any atom is 0.266 e. The smallest absolute Gasteiger partial charge is 0.266 e. The highest BCUT2D eigenvalue weighted by molar-refractivity contribution is 7.22. The number of benzene rings is 2. The minimum Gasteiger partial charge on any atom is -0.482 e. The zero-order valence-corrected chi connectivity index (χ0v) is 18.0. The molecule has 0 aliphatic carbocycles. The Hall–Kier alpha value is -1.86. The summed E-state index contributed by atoms with van der Waals surface area (Å²) >= 11 is 13.5. The largest absolute Gasteiger partial charge is 0.482 e. The van der Waals surface area contributed by atoms with Crippen molar-refractivity contribution in [3.05, 3.63) is 52.5 Å². The quantitative estimate of drug-likeness (QED) is 0.499. The van der Waals surface area contributed by atoms with Crippen LogP contribution in [0.25, 0.3) is 10.2 Å². The Morgan fingerprint density at radius 2 is 1.93 bits per heavy atom. The van der Waals surface area contributed by atoms with E-state index in [2.05, 4.69) is 9.88 Å². The Morgan fingerprint density at radius 1 is 1.14 bits per heavy atom. The number of nitrogens with zero attached hydrogens (tertiary/aromatic N) is 3. The van der Waals surface area contributed by atoms with Gasteiger partial charge in [-0.25, -0.2) is 4.98 Å². The lowest BCUT2D eigenvalue weighted by Gasteiger charge is -2.21. The van der Waals surface area contributed by atoms with Crippen LogP contribution in [0.4, 0.5) is 5.13 Å². The molecule has 0 spiro atoms. The van der Waals surface area contributed by atoms with Crippen molar-refractivity contribution < 1.29 is 9.53 Å². The third-order valence-electron chi connectivity index (χ3n) is 4.05. The number of hydrogen-bond donors (Lipinski definition) is 0. The van der Waals surface area contributed by atoms with Crippen LogP contribution in [0, 0.1) is 0 Å². The van der Waals surface area contributed by atoms with Crippen molar-refractivity contribution in [2.24, 2.45) is 0 Å². The molecule has 1 amide bonds. The third-order valence-corrected chi connectivity index (χ3v) is 5.64. The van der Waals surface area contributed by atoms with E-state index in [1.54, 1.807) is 23.1 Å². The van der Waals surface area contributed by atoms with Crippen molar-refractivity contribution in [2.75, 3.05) is 38.7 Å². The molecule has 8 heteroatoms. The van der Waals surface area contributed by atoms with Gasteiger partial charge in [0.05, 0.1) is 15.2 Å². The molecule has 1 heterocycles. The number of anilines is 1. The van der Waals surface area contributed by atoms with E-state index in [0.717, 1.165) is 23.2 Å². The molecular formula is C20H21Cl2N3O2S. The molecule has 0 N–H and O–H groups in total. The Kier molecular flexibility index (Phi) is 7.13. The number of thiazole rings is 1. The Morgan fingerprint density at radius 3 is 2.64 bits per heavy atom. The zero-order valence-electron chi connectivity index (χ0n) is 15.7. The molecule has 0 aliphatic heterocycles. The predicted molar refractivity (Wildman–Crippen MR) is 117 cm³/mol. The molecule has 3 aromatic rings. The molecule has 0 saturated carbocycles. The van der Waals surface area contributed by atoms with Gasteiger partial charge in [-0.05, 0) is 57.4 Å². The SMILES string of the molecule is CN(C)CCCN(C(=O)COc1ccc(Cl)cc1Cl)c1nc2ccccc2s1. The first-order valence-electron chi connectivity index (χ1n) is 8.82. The van der Waals surface area contributed by atoms with Crippen molar-refractivity contribution in [1.82, 2.24) is 9.88 Å². The summed E-state index contributed by atoms with van der Waals surface area (Å²) in [6.07, 6.45) is 0.830. The molecule has 0 fully saturated rings. The summed E-state index contributed by atoms with van der Waals surface area (Å²) in [6, 6.07) is 12.8. The zero-order chi connectivity index (χ0) is 20.1. The highest BCUT2D eigenvalue weighted by atomic mass is 35.5. The van der Waals surface area contributed by atoms with Crippen molar-refractivity contribution in [1.29, 1.82) is 0 Å². The second-order valence-electron chi connectivity index (χ2n) is 6.53. The number of fused-ring (bicyclic) bond motifs is 1. The van der Waals surface area contributed by atoms with E-state index < -0.39 is 0 Å². The van der Waals surface area contributed by atoms with Gasteiger partial charge >= 0.3 is 0 Å². The first-order chi connectivity index (χ1) is 13.4. The molecular weight excluding hydrogens is 417 g/mol. The van der Waals surface area contributed by atoms with Crippen LogP contribution in [0.15, 0.2) is 42.5 Å². The van der Waals surface area contributed by atoms with Gasteiger partial charge in [0, 0.05) is 11.6 Å². The van der Waals surface area contributed by atoms with Gasteiger partial charge in [0.15, 0.2) is 11.7 Å². The fourth-order valence-corrected chi connectivity index (χ4v) is 4.13. The summed E-state index contributed by atoms with van der Waals surface area (Å²) in [6.45, 7) is 1.31. The Labute approximate surface area is 178 Å². The third kappa shape index (κ3) is 5.35. The average molecular weight is 438 g/mol. The topological polar surface area (TPSA) is 45.7 Å². The van der Waals surface area contributed by atoms with Crippen LogP contribution in [0.1, 0.15) is 6.42 Å². The first kappa shape index (κ1) is 20.9. The summed E-state index contributed by atoms with van der Waals surface area (Å²) in [5, 5.41) is 1.57. The van der Waals surface area contributed by atoms with Crippen molar-refractivity contribution >= 4 is 55.8 Å². The van der Waals surface area contributed by atoms with Crippen molar-refractivity contribution in [3.8, 4) is 5.75 Å². The second kappa shape index (κ2) is 9.56. The summed E-state index contributed by atoms with van der Waals surface area (Å²) in [5.74, 6) is 0.265. The highest BCUT2D eigenvalue weighted by Gasteiger charge is 2.20. The average Bonchev–Trinajstić information content (AvgIpc) is 3.07. The van der Waals surface area contributed by atoms with Crippen molar-refractivity contribution in [3.63, 3.8) is 0 Å². The number of hydrogen-bond acceptors (Lipinski definition) is 5. The van der Waals surface area contributed by atoms with Gasteiger partial charge in [0.25, 0.3) is 5.91 Å². The lowest BCUT2D eigenvalue weighted by Crippen LogP contribution is -2.36. The highest BCUT2D eigenvalue weighted by Crippen LogP contribution is 2.30. The lowest BCUT2D eigenvalue weighted by atomic mass is 10.3. The van der Waals surface area contributed by atoms with Gasteiger partial charge in [-0.2, -0.15) is 0 Å². The summed E-state index contributed by atoms with van der Waals surface area (Å²) in [7, 11) is 4.02. The number of carbonyl (C=O) groups excluding carboxylic acids is 1. The van der Waals surface area contributed by atoms with E-state index >= 15 is 0 Å². The van der Waals surface area contributed by atoms with Crippen LogP contribution in [-0.4, -0.2) is 49.6 Å². The molecule has 2 aromatic carbocycles. The van der Waals surface area contributed by atoms with E-state index in [0.29, 0.717) is 27.5 Å². The molecule has 148 valence electrons. The van der Waals surface area contributed by atoms with E-state index in [1.807, 2.05) is 38.4 Å².